The number of hydrogen-bond donors (Lipinski definition) is 2. The highest BCUT2D eigenvalue weighted by atomic mass is 35.5. The summed E-state index contributed by atoms with van der Waals surface area (Å²) in [5, 5.41) is 3.15. The van der Waals surface area contributed by atoms with Crippen molar-refractivity contribution in [2.75, 3.05) is 11.9 Å². The van der Waals surface area contributed by atoms with Gasteiger partial charge in [0.2, 0.25) is 15.9 Å². The molecule has 1 aromatic heterocycles. The summed E-state index contributed by atoms with van der Waals surface area (Å²) < 4.78 is 40.8. The molecule has 0 unspecified atom stereocenters. The molecule has 0 fully saturated rings. The number of halogens is 2. The van der Waals surface area contributed by atoms with Crippen molar-refractivity contribution in [1.82, 2.24) is 9.71 Å². The molecule has 10 heteroatoms. The first-order valence-electron chi connectivity index (χ1n) is 9.00. The van der Waals surface area contributed by atoms with Crippen LogP contribution in [0.25, 0.3) is 0 Å². The van der Waals surface area contributed by atoms with Crippen LogP contribution in [-0.2, 0) is 21.2 Å². The number of benzene rings is 2. The SMILES string of the molecule is Cc1nc(NC(=O)CCNS(=O)(=O)c2ccccc2Cl)sc1Cc1ccccc1F. The smallest absolute Gasteiger partial charge is 0.242 e. The molecule has 158 valence electrons. The lowest BCUT2D eigenvalue weighted by Gasteiger charge is -2.08. The Morgan fingerprint density at radius 2 is 1.87 bits per heavy atom. The molecule has 6 nitrogen and oxygen atoms in total. The Labute approximate surface area is 183 Å². The van der Waals surface area contributed by atoms with Gasteiger partial charge in [-0.2, -0.15) is 0 Å². The average molecular weight is 468 g/mol. The summed E-state index contributed by atoms with van der Waals surface area (Å²) in [7, 11) is -3.81. The van der Waals surface area contributed by atoms with Gasteiger partial charge in [-0.05, 0) is 30.7 Å². The molecule has 0 spiro atoms. The van der Waals surface area contributed by atoms with E-state index in [1.54, 1.807) is 37.3 Å². The van der Waals surface area contributed by atoms with E-state index in [4.69, 9.17) is 11.6 Å². The maximum absolute atomic E-state index is 13.9. The maximum Gasteiger partial charge on any atom is 0.242 e. The van der Waals surface area contributed by atoms with Gasteiger partial charge >= 0.3 is 0 Å². The summed E-state index contributed by atoms with van der Waals surface area (Å²) in [6, 6.07) is 12.6. The number of aromatic nitrogens is 1. The zero-order chi connectivity index (χ0) is 21.7. The molecule has 3 rings (SSSR count). The molecule has 0 radical (unpaired) electrons. The van der Waals surface area contributed by atoms with E-state index in [0.29, 0.717) is 22.8 Å². The van der Waals surface area contributed by atoms with Crippen LogP contribution in [0.5, 0.6) is 0 Å². The van der Waals surface area contributed by atoms with Crippen molar-refractivity contribution in [1.29, 1.82) is 0 Å². The average Bonchev–Trinajstić information content (AvgIpc) is 3.02. The normalized spacial score (nSPS) is 11.4. The van der Waals surface area contributed by atoms with Crippen LogP contribution in [0.3, 0.4) is 0 Å². The molecular formula is C20H19ClFN3O3S2. The Morgan fingerprint density at radius 1 is 1.17 bits per heavy atom. The van der Waals surface area contributed by atoms with Gasteiger partial charge in [0.15, 0.2) is 5.13 Å². The molecular weight excluding hydrogens is 449 g/mol. The second kappa shape index (κ2) is 9.65. The molecule has 1 amide bonds. The standard InChI is InChI=1S/C20H19ClFN3O3S2/c1-13-17(12-14-6-2-4-8-16(14)22)29-20(24-13)25-19(26)10-11-23-30(27,28)18-9-5-3-7-15(18)21/h2-9,23H,10-12H2,1H3,(H,24,25,26). The van der Waals surface area contributed by atoms with Crippen molar-refractivity contribution < 1.29 is 17.6 Å². The molecule has 30 heavy (non-hydrogen) atoms. The minimum Gasteiger partial charge on any atom is -0.302 e. The lowest BCUT2D eigenvalue weighted by atomic mass is 10.1. The number of aryl methyl sites for hydroxylation is 1. The predicted octanol–water partition coefficient (Wildman–Crippen LogP) is 4.14. The second-order valence-corrected chi connectivity index (χ2v) is 9.65. The summed E-state index contributed by atoms with van der Waals surface area (Å²) >= 11 is 7.18. The molecule has 0 saturated carbocycles. The van der Waals surface area contributed by atoms with E-state index in [1.807, 2.05) is 0 Å². The number of thiazole rings is 1. The van der Waals surface area contributed by atoms with Crippen LogP contribution >= 0.6 is 22.9 Å². The Bertz CT molecular complexity index is 1170. The van der Waals surface area contributed by atoms with E-state index >= 15 is 0 Å². The van der Waals surface area contributed by atoms with E-state index in [2.05, 4.69) is 15.0 Å². The summed E-state index contributed by atoms with van der Waals surface area (Å²) in [4.78, 5) is 17.3. The first-order chi connectivity index (χ1) is 14.3. The highest BCUT2D eigenvalue weighted by Gasteiger charge is 2.18. The third-order valence-corrected chi connectivity index (χ3v) is 7.25. The minimum absolute atomic E-state index is 0.0413. The van der Waals surface area contributed by atoms with Crippen LogP contribution in [-0.4, -0.2) is 25.9 Å². The van der Waals surface area contributed by atoms with Crippen LogP contribution in [0.1, 0.15) is 22.6 Å². The van der Waals surface area contributed by atoms with Gasteiger partial charge in [0.1, 0.15) is 10.7 Å². The molecule has 0 atom stereocenters. The fourth-order valence-corrected chi connectivity index (χ4v) is 5.23. The van der Waals surface area contributed by atoms with E-state index in [1.165, 1.54) is 29.5 Å². The first kappa shape index (κ1) is 22.4. The molecule has 0 saturated heterocycles. The topological polar surface area (TPSA) is 88.2 Å². The zero-order valence-corrected chi connectivity index (χ0v) is 18.4. The minimum atomic E-state index is -3.81. The van der Waals surface area contributed by atoms with Crippen LogP contribution in [0.2, 0.25) is 5.02 Å². The molecule has 2 N–H and O–H groups in total. The van der Waals surface area contributed by atoms with Crippen molar-refractivity contribution in [3.8, 4) is 0 Å². The van der Waals surface area contributed by atoms with Gasteiger partial charge in [-0.15, -0.1) is 11.3 Å². The summed E-state index contributed by atoms with van der Waals surface area (Å²) in [6.07, 6.45) is 0.300. The second-order valence-electron chi connectivity index (χ2n) is 6.42. The van der Waals surface area contributed by atoms with Crippen molar-refractivity contribution in [3.05, 3.63) is 75.5 Å². The van der Waals surface area contributed by atoms with Gasteiger partial charge in [-0.25, -0.2) is 22.5 Å². The number of sulfonamides is 1. The maximum atomic E-state index is 13.9. The Hall–Kier alpha value is -2.33. The lowest BCUT2D eigenvalue weighted by Crippen LogP contribution is -2.28. The summed E-state index contributed by atoms with van der Waals surface area (Å²) in [5.41, 5.74) is 1.26. The third kappa shape index (κ3) is 5.63. The Morgan fingerprint density at radius 3 is 2.60 bits per heavy atom. The molecule has 1 heterocycles. The molecule has 0 bridgehead atoms. The zero-order valence-electron chi connectivity index (χ0n) is 16.0. The van der Waals surface area contributed by atoms with Crippen LogP contribution in [0.15, 0.2) is 53.4 Å². The Kier molecular flexibility index (Phi) is 7.19. The van der Waals surface area contributed by atoms with E-state index in [9.17, 15) is 17.6 Å². The van der Waals surface area contributed by atoms with Gasteiger partial charge in [-0.3, -0.25) is 4.79 Å². The monoisotopic (exact) mass is 467 g/mol. The fourth-order valence-electron chi connectivity index (χ4n) is 2.68. The number of nitrogens with one attached hydrogen (secondary N) is 2. The highest BCUT2D eigenvalue weighted by Crippen LogP contribution is 2.26. The summed E-state index contributed by atoms with van der Waals surface area (Å²) in [5.74, 6) is -0.676. The third-order valence-electron chi connectivity index (χ3n) is 4.22. The largest absolute Gasteiger partial charge is 0.302 e. The highest BCUT2D eigenvalue weighted by molar-refractivity contribution is 7.89. The van der Waals surface area contributed by atoms with Gasteiger partial charge in [-0.1, -0.05) is 41.9 Å². The van der Waals surface area contributed by atoms with Crippen LogP contribution < -0.4 is 10.0 Å². The van der Waals surface area contributed by atoms with Crippen molar-refractivity contribution in [2.24, 2.45) is 0 Å². The van der Waals surface area contributed by atoms with Crippen LogP contribution in [0.4, 0.5) is 9.52 Å². The number of hydrogen-bond acceptors (Lipinski definition) is 5. The van der Waals surface area contributed by atoms with Gasteiger partial charge in [0.05, 0.1) is 10.7 Å². The predicted molar refractivity (Wildman–Crippen MR) is 116 cm³/mol. The van der Waals surface area contributed by atoms with Gasteiger partial charge in [0.25, 0.3) is 0 Å². The van der Waals surface area contributed by atoms with E-state index in [0.717, 1.165) is 4.88 Å². The molecule has 3 aromatic rings. The number of rotatable bonds is 8. The number of carbonyl (C=O) groups excluding carboxylic acids is 1. The fraction of sp³-hybridized carbons (Fsp3) is 0.200. The quantitative estimate of drug-likeness (QED) is 0.521. The van der Waals surface area contributed by atoms with Crippen molar-refractivity contribution in [2.45, 2.75) is 24.7 Å². The molecule has 2 aromatic carbocycles. The van der Waals surface area contributed by atoms with Crippen molar-refractivity contribution in [3.63, 3.8) is 0 Å². The van der Waals surface area contributed by atoms with Crippen molar-refractivity contribution >= 4 is 44.0 Å². The van der Waals surface area contributed by atoms with Crippen LogP contribution in [0, 0.1) is 12.7 Å². The molecule has 0 aliphatic rings. The van der Waals surface area contributed by atoms with E-state index < -0.39 is 10.0 Å². The number of nitrogens with zero attached hydrogens (tertiary/aromatic N) is 1. The molecule has 0 aliphatic carbocycles. The first-order valence-corrected chi connectivity index (χ1v) is 11.7. The number of anilines is 1. The molecule has 0 aliphatic heterocycles. The lowest BCUT2D eigenvalue weighted by molar-refractivity contribution is -0.116. The van der Waals surface area contributed by atoms with Gasteiger partial charge < -0.3 is 5.32 Å². The van der Waals surface area contributed by atoms with E-state index in [-0.39, 0.29) is 34.6 Å². The van der Waals surface area contributed by atoms with Gasteiger partial charge in [0, 0.05) is 24.3 Å². The number of carbonyl (C=O) groups is 1. The summed E-state index contributed by atoms with van der Waals surface area (Å²) in [6.45, 7) is 1.70. The number of amides is 1. The Balaban J connectivity index is 1.55.